The smallest absolute Gasteiger partial charge is 0.369 e. The van der Waals surface area contributed by atoms with Crippen molar-refractivity contribution in [1.82, 2.24) is 10.2 Å². The highest BCUT2D eigenvalue weighted by molar-refractivity contribution is 5.48. The molecule has 3 nitrogen and oxygen atoms in total. The van der Waals surface area contributed by atoms with E-state index in [-0.39, 0.29) is 0 Å². The zero-order valence-electron chi connectivity index (χ0n) is 12.3. The van der Waals surface area contributed by atoms with Gasteiger partial charge in [0.15, 0.2) is 0 Å². The van der Waals surface area contributed by atoms with Crippen LogP contribution in [-0.4, -0.2) is 50.3 Å². The number of hydrogen-bond donors (Lipinski definition) is 1. The molecule has 1 heterocycles. The number of piperazine rings is 1. The molecule has 0 atom stereocenters. The fourth-order valence-electron chi connectivity index (χ4n) is 2.51. The van der Waals surface area contributed by atoms with Crippen LogP contribution in [0.15, 0.2) is 24.3 Å². The second-order valence-electron chi connectivity index (χ2n) is 5.33. The van der Waals surface area contributed by atoms with Crippen molar-refractivity contribution in [2.75, 3.05) is 44.2 Å². The van der Waals surface area contributed by atoms with E-state index in [1.807, 2.05) is 12.1 Å². The number of halogens is 3. The zero-order valence-corrected chi connectivity index (χ0v) is 12.3. The Morgan fingerprint density at radius 1 is 1.05 bits per heavy atom. The summed E-state index contributed by atoms with van der Waals surface area (Å²) in [6.07, 6.45) is -4.10. The minimum absolute atomic E-state index is 0.457. The molecule has 21 heavy (non-hydrogen) atoms. The first-order valence-electron chi connectivity index (χ1n) is 7.31. The van der Waals surface area contributed by atoms with Crippen molar-refractivity contribution in [2.24, 2.45) is 0 Å². The predicted molar refractivity (Wildman–Crippen MR) is 78.5 cm³/mol. The van der Waals surface area contributed by atoms with Crippen molar-refractivity contribution in [1.29, 1.82) is 0 Å². The second-order valence-corrected chi connectivity index (χ2v) is 5.33. The molecule has 0 aliphatic carbocycles. The number of nitrogens with one attached hydrogen (secondary N) is 1. The van der Waals surface area contributed by atoms with Crippen LogP contribution in [0.5, 0.6) is 0 Å². The molecule has 0 spiro atoms. The predicted octanol–water partition coefficient (Wildman–Crippen LogP) is 2.48. The SMILES string of the molecule is CCNCc1ccc(N2CCN(CC(F)(F)F)CC2)cc1. The molecule has 1 aliphatic heterocycles. The molecule has 6 heteroatoms. The van der Waals surface area contributed by atoms with E-state index in [9.17, 15) is 13.2 Å². The third-order valence-electron chi connectivity index (χ3n) is 3.66. The number of nitrogens with zero attached hydrogens (tertiary/aromatic N) is 2. The molecule has 1 saturated heterocycles. The summed E-state index contributed by atoms with van der Waals surface area (Å²) in [7, 11) is 0. The second kappa shape index (κ2) is 7.13. The molecular formula is C15H22F3N3. The van der Waals surface area contributed by atoms with Crippen molar-refractivity contribution in [2.45, 2.75) is 19.6 Å². The quantitative estimate of drug-likeness (QED) is 0.901. The van der Waals surface area contributed by atoms with Crippen LogP contribution in [0.4, 0.5) is 18.9 Å². The Hall–Kier alpha value is -1.27. The summed E-state index contributed by atoms with van der Waals surface area (Å²) in [5.41, 5.74) is 2.30. The molecule has 0 amide bonds. The monoisotopic (exact) mass is 301 g/mol. The van der Waals surface area contributed by atoms with E-state index >= 15 is 0 Å². The van der Waals surface area contributed by atoms with Gasteiger partial charge in [-0.3, -0.25) is 4.90 Å². The van der Waals surface area contributed by atoms with Crippen molar-refractivity contribution < 1.29 is 13.2 Å². The van der Waals surface area contributed by atoms with E-state index in [1.165, 1.54) is 10.5 Å². The maximum Gasteiger partial charge on any atom is 0.401 e. The summed E-state index contributed by atoms with van der Waals surface area (Å²) < 4.78 is 37.0. The molecule has 0 saturated carbocycles. The molecule has 0 bridgehead atoms. The molecule has 1 fully saturated rings. The van der Waals surface area contributed by atoms with Gasteiger partial charge in [-0.05, 0) is 24.2 Å². The van der Waals surface area contributed by atoms with Crippen molar-refractivity contribution in [3.63, 3.8) is 0 Å². The summed E-state index contributed by atoms with van der Waals surface area (Å²) >= 11 is 0. The lowest BCUT2D eigenvalue weighted by Gasteiger charge is -2.36. The highest BCUT2D eigenvalue weighted by Gasteiger charge is 2.32. The van der Waals surface area contributed by atoms with Crippen LogP contribution in [0.2, 0.25) is 0 Å². The first-order chi connectivity index (χ1) is 9.98. The molecule has 0 radical (unpaired) electrons. The van der Waals surface area contributed by atoms with E-state index in [4.69, 9.17) is 0 Å². The van der Waals surface area contributed by atoms with Gasteiger partial charge in [-0.25, -0.2) is 0 Å². The minimum Gasteiger partial charge on any atom is -0.369 e. The third-order valence-corrected chi connectivity index (χ3v) is 3.66. The highest BCUT2D eigenvalue weighted by Crippen LogP contribution is 2.20. The van der Waals surface area contributed by atoms with Crippen molar-refractivity contribution in [3.8, 4) is 0 Å². The molecule has 1 N–H and O–H groups in total. The summed E-state index contributed by atoms with van der Waals surface area (Å²) in [6.45, 7) is 5.24. The van der Waals surface area contributed by atoms with Crippen LogP contribution in [0.3, 0.4) is 0 Å². The fourth-order valence-corrected chi connectivity index (χ4v) is 2.51. The van der Waals surface area contributed by atoms with E-state index in [1.54, 1.807) is 0 Å². The van der Waals surface area contributed by atoms with Gasteiger partial charge in [0.2, 0.25) is 0 Å². The van der Waals surface area contributed by atoms with E-state index in [0.717, 1.165) is 18.8 Å². The van der Waals surface area contributed by atoms with Crippen LogP contribution >= 0.6 is 0 Å². The lowest BCUT2D eigenvalue weighted by molar-refractivity contribution is -0.146. The summed E-state index contributed by atoms with van der Waals surface area (Å²) in [6, 6.07) is 8.23. The Morgan fingerprint density at radius 2 is 1.67 bits per heavy atom. The standard InChI is InChI=1S/C15H22F3N3/c1-2-19-11-13-3-5-14(6-4-13)21-9-7-20(8-10-21)12-15(16,17)18/h3-6,19H,2,7-12H2,1H3. The lowest BCUT2D eigenvalue weighted by atomic mass is 10.1. The van der Waals surface area contributed by atoms with E-state index in [0.29, 0.717) is 26.2 Å². The van der Waals surface area contributed by atoms with Gasteiger partial charge < -0.3 is 10.2 Å². The van der Waals surface area contributed by atoms with Crippen molar-refractivity contribution in [3.05, 3.63) is 29.8 Å². The molecule has 1 aromatic carbocycles. The van der Waals surface area contributed by atoms with Crippen molar-refractivity contribution >= 4 is 5.69 Å². The lowest BCUT2D eigenvalue weighted by Crippen LogP contribution is -2.49. The van der Waals surface area contributed by atoms with E-state index in [2.05, 4.69) is 29.3 Å². The Bertz CT molecular complexity index is 423. The van der Waals surface area contributed by atoms with Gasteiger partial charge in [0.1, 0.15) is 0 Å². The van der Waals surface area contributed by atoms with Gasteiger partial charge in [-0.2, -0.15) is 13.2 Å². The number of anilines is 1. The van der Waals surface area contributed by atoms with E-state index < -0.39 is 12.7 Å². The number of benzene rings is 1. The Morgan fingerprint density at radius 3 is 2.19 bits per heavy atom. The number of rotatable bonds is 5. The number of hydrogen-bond acceptors (Lipinski definition) is 3. The summed E-state index contributed by atoms with van der Waals surface area (Å²) in [4.78, 5) is 3.61. The van der Waals surface area contributed by atoms with Crippen LogP contribution in [0, 0.1) is 0 Å². The topological polar surface area (TPSA) is 18.5 Å². The summed E-state index contributed by atoms with van der Waals surface area (Å²) in [5.74, 6) is 0. The third kappa shape index (κ3) is 5.21. The Labute approximate surface area is 123 Å². The molecule has 1 aliphatic rings. The zero-order chi connectivity index (χ0) is 15.3. The van der Waals surface area contributed by atoms with Gasteiger partial charge in [0, 0.05) is 38.4 Å². The Kier molecular flexibility index (Phi) is 5.47. The van der Waals surface area contributed by atoms with Gasteiger partial charge in [0.05, 0.1) is 6.54 Å². The van der Waals surface area contributed by atoms with Gasteiger partial charge >= 0.3 is 6.18 Å². The highest BCUT2D eigenvalue weighted by atomic mass is 19.4. The first-order valence-corrected chi connectivity index (χ1v) is 7.31. The molecule has 1 aromatic rings. The average molecular weight is 301 g/mol. The van der Waals surface area contributed by atoms with Crippen LogP contribution in [0.1, 0.15) is 12.5 Å². The minimum atomic E-state index is -4.10. The van der Waals surface area contributed by atoms with Crippen LogP contribution in [0.25, 0.3) is 0 Å². The molecule has 0 unspecified atom stereocenters. The molecule has 118 valence electrons. The van der Waals surface area contributed by atoms with Gasteiger partial charge in [-0.1, -0.05) is 19.1 Å². The maximum atomic E-state index is 12.3. The largest absolute Gasteiger partial charge is 0.401 e. The maximum absolute atomic E-state index is 12.3. The van der Waals surface area contributed by atoms with Gasteiger partial charge in [0.25, 0.3) is 0 Å². The normalized spacial score (nSPS) is 17.2. The fraction of sp³-hybridized carbons (Fsp3) is 0.600. The molecular weight excluding hydrogens is 279 g/mol. The first kappa shape index (κ1) is 16.1. The average Bonchev–Trinajstić information content (AvgIpc) is 2.45. The molecule has 2 rings (SSSR count). The molecule has 0 aromatic heterocycles. The van der Waals surface area contributed by atoms with Gasteiger partial charge in [-0.15, -0.1) is 0 Å². The Balaban J connectivity index is 1.84. The van der Waals surface area contributed by atoms with Crippen LogP contribution in [-0.2, 0) is 6.54 Å². The number of alkyl halides is 3. The summed E-state index contributed by atoms with van der Waals surface area (Å²) in [5, 5.41) is 3.26. The van der Waals surface area contributed by atoms with Crippen LogP contribution < -0.4 is 10.2 Å².